The fourth-order valence-corrected chi connectivity index (χ4v) is 3.79. The van der Waals surface area contributed by atoms with Crippen molar-refractivity contribution in [2.75, 3.05) is 17.2 Å². The van der Waals surface area contributed by atoms with E-state index in [9.17, 15) is 4.79 Å². The van der Waals surface area contributed by atoms with Gasteiger partial charge in [0.1, 0.15) is 5.54 Å². The number of benzene rings is 2. The number of anilines is 2. The van der Waals surface area contributed by atoms with Crippen molar-refractivity contribution >= 4 is 17.3 Å². The fourth-order valence-electron chi connectivity index (χ4n) is 3.79. The highest BCUT2D eigenvalue weighted by Gasteiger charge is 2.62. The summed E-state index contributed by atoms with van der Waals surface area (Å²) in [6.45, 7) is 8.70. The summed E-state index contributed by atoms with van der Waals surface area (Å²) in [4.78, 5) is 12.8. The fraction of sp³-hybridized carbons (Fsp3) is 0.435. The molecule has 2 aromatic rings. The molecule has 1 saturated carbocycles. The molecule has 3 unspecified atom stereocenters. The molecule has 1 amide bonds. The lowest BCUT2D eigenvalue weighted by Gasteiger charge is -2.57. The number of rotatable bonds is 7. The van der Waals surface area contributed by atoms with Gasteiger partial charge in [-0.15, -0.1) is 0 Å². The Hall–Kier alpha value is -2.37. The molecular weight excluding hydrogens is 350 g/mol. The first-order valence-corrected chi connectivity index (χ1v) is 9.91. The van der Waals surface area contributed by atoms with Gasteiger partial charge < -0.3 is 21.1 Å². The first-order valence-electron chi connectivity index (χ1n) is 9.91. The molecule has 5 nitrogen and oxygen atoms in total. The monoisotopic (exact) mass is 381 g/mol. The molecule has 2 aromatic carbocycles. The van der Waals surface area contributed by atoms with Crippen molar-refractivity contribution in [3.63, 3.8) is 0 Å². The summed E-state index contributed by atoms with van der Waals surface area (Å²) in [6.07, 6.45) is 0.549. The smallest absolute Gasteiger partial charge is 0.245 e. The number of carbonyl (C=O) groups excluding carboxylic acids is 1. The van der Waals surface area contributed by atoms with Crippen LogP contribution in [0.15, 0.2) is 54.6 Å². The van der Waals surface area contributed by atoms with Gasteiger partial charge in [0.2, 0.25) is 5.91 Å². The summed E-state index contributed by atoms with van der Waals surface area (Å²) < 4.78 is 5.71. The zero-order chi connectivity index (χ0) is 20.4. The third-order valence-electron chi connectivity index (χ3n) is 6.06. The predicted molar refractivity (Wildman–Crippen MR) is 114 cm³/mol. The number of hydrogen-bond donors (Lipinski definition) is 3. The number of carbonyl (C=O) groups is 1. The number of nitrogens with one attached hydrogen (secondary N) is 2. The van der Waals surface area contributed by atoms with Crippen LogP contribution in [0.5, 0.6) is 0 Å². The van der Waals surface area contributed by atoms with Gasteiger partial charge in [0.15, 0.2) is 0 Å². The molecule has 150 valence electrons. The Bertz CT molecular complexity index is 804. The average molecular weight is 382 g/mol. The Morgan fingerprint density at radius 2 is 1.75 bits per heavy atom. The van der Waals surface area contributed by atoms with Gasteiger partial charge >= 0.3 is 0 Å². The van der Waals surface area contributed by atoms with Gasteiger partial charge in [0.25, 0.3) is 0 Å². The molecule has 0 bridgehead atoms. The van der Waals surface area contributed by atoms with Gasteiger partial charge in [-0.25, -0.2) is 0 Å². The van der Waals surface area contributed by atoms with Crippen LogP contribution >= 0.6 is 0 Å². The Kier molecular flexibility index (Phi) is 5.77. The summed E-state index contributed by atoms with van der Waals surface area (Å²) in [6, 6.07) is 18.2. The lowest BCUT2D eigenvalue weighted by molar-refractivity contribution is -0.166. The van der Waals surface area contributed by atoms with Gasteiger partial charge in [-0.1, -0.05) is 44.2 Å². The first-order chi connectivity index (χ1) is 13.3. The van der Waals surface area contributed by atoms with Crippen LogP contribution in [0.4, 0.5) is 11.4 Å². The van der Waals surface area contributed by atoms with Crippen LogP contribution in [-0.2, 0) is 9.53 Å². The molecule has 0 aromatic heterocycles. The minimum absolute atomic E-state index is 0.0132. The van der Waals surface area contributed by atoms with Crippen molar-refractivity contribution in [2.45, 2.75) is 51.8 Å². The van der Waals surface area contributed by atoms with Crippen molar-refractivity contribution in [2.24, 2.45) is 11.1 Å². The molecule has 3 rings (SSSR count). The van der Waals surface area contributed by atoms with Crippen LogP contribution in [0.1, 0.15) is 45.7 Å². The molecular formula is C23H31N3O2. The van der Waals surface area contributed by atoms with E-state index in [1.54, 1.807) is 0 Å². The van der Waals surface area contributed by atoms with E-state index < -0.39 is 11.0 Å². The lowest BCUT2D eigenvalue weighted by Crippen LogP contribution is -2.74. The Balaban J connectivity index is 1.61. The Labute approximate surface area is 167 Å². The number of ether oxygens (including phenoxy) is 1. The maximum atomic E-state index is 12.8. The van der Waals surface area contributed by atoms with Crippen molar-refractivity contribution in [1.29, 1.82) is 0 Å². The minimum atomic E-state index is -0.925. The van der Waals surface area contributed by atoms with E-state index in [0.29, 0.717) is 13.0 Å². The molecule has 28 heavy (non-hydrogen) atoms. The van der Waals surface area contributed by atoms with E-state index in [1.807, 2.05) is 63.2 Å². The summed E-state index contributed by atoms with van der Waals surface area (Å²) in [7, 11) is 0. The zero-order valence-electron chi connectivity index (χ0n) is 17.2. The van der Waals surface area contributed by atoms with Crippen LogP contribution in [0.3, 0.4) is 0 Å². The highest BCUT2D eigenvalue weighted by Crippen LogP contribution is 2.50. The molecule has 1 aliphatic carbocycles. The second kappa shape index (κ2) is 7.94. The normalized spacial score (nSPS) is 24.1. The second-order valence-electron chi connectivity index (χ2n) is 8.15. The molecule has 0 spiro atoms. The average Bonchev–Trinajstić information content (AvgIpc) is 2.69. The van der Waals surface area contributed by atoms with Gasteiger partial charge in [-0.05, 0) is 43.7 Å². The van der Waals surface area contributed by atoms with E-state index in [1.165, 1.54) is 5.56 Å². The highest BCUT2D eigenvalue weighted by atomic mass is 16.5. The van der Waals surface area contributed by atoms with Crippen molar-refractivity contribution in [1.82, 2.24) is 0 Å². The molecule has 0 radical (unpaired) electrons. The van der Waals surface area contributed by atoms with Crippen molar-refractivity contribution in [3.05, 3.63) is 60.2 Å². The summed E-state index contributed by atoms with van der Waals surface area (Å²) >= 11 is 0. The van der Waals surface area contributed by atoms with E-state index in [4.69, 9.17) is 10.5 Å². The largest absolute Gasteiger partial charge is 0.379 e. The summed E-state index contributed by atoms with van der Waals surface area (Å²) in [5.74, 6) is -0.160. The molecule has 4 N–H and O–H groups in total. The van der Waals surface area contributed by atoms with Gasteiger partial charge in [0, 0.05) is 35.9 Å². The van der Waals surface area contributed by atoms with Crippen LogP contribution in [0.2, 0.25) is 0 Å². The second-order valence-corrected chi connectivity index (χ2v) is 8.15. The molecule has 0 heterocycles. The molecule has 0 saturated heterocycles. The van der Waals surface area contributed by atoms with E-state index in [-0.39, 0.29) is 18.1 Å². The maximum Gasteiger partial charge on any atom is 0.245 e. The molecule has 3 atom stereocenters. The van der Waals surface area contributed by atoms with Gasteiger partial charge in [0.05, 0.1) is 6.10 Å². The number of nitrogens with two attached hydrogens (primary N) is 1. The van der Waals surface area contributed by atoms with Crippen molar-refractivity contribution in [3.8, 4) is 0 Å². The third kappa shape index (κ3) is 3.77. The van der Waals surface area contributed by atoms with Crippen LogP contribution in [0, 0.1) is 5.41 Å². The third-order valence-corrected chi connectivity index (χ3v) is 6.06. The molecule has 5 heteroatoms. The molecule has 0 aliphatic heterocycles. The summed E-state index contributed by atoms with van der Waals surface area (Å²) in [5.41, 5.74) is 8.08. The topological polar surface area (TPSA) is 76.4 Å². The zero-order valence-corrected chi connectivity index (χ0v) is 17.2. The van der Waals surface area contributed by atoms with Gasteiger partial charge in [-0.3, -0.25) is 4.79 Å². The van der Waals surface area contributed by atoms with E-state index in [2.05, 4.69) is 29.7 Å². The Morgan fingerprint density at radius 1 is 1.14 bits per heavy atom. The van der Waals surface area contributed by atoms with Crippen molar-refractivity contribution < 1.29 is 9.53 Å². The standard InChI is InChI=1S/C23H31N3O2/c1-5-28-20-15-23(24,22(20,3)4)21(27)26-19-13-11-18(12-14-19)25-16(2)17-9-7-6-8-10-17/h6-14,16,20,25H,5,15,24H2,1-4H3,(H,26,27). The lowest BCUT2D eigenvalue weighted by atomic mass is 9.54. The predicted octanol–water partition coefficient (Wildman–Crippen LogP) is 4.33. The van der Waals surface area contributed by atoms with Crippen LogP contribution in [-0.4, -0.2) is 24.2 Å². The molecule has 1 fully saturated rings. The SMILES string of the molecule is CCOC1CC(N)(C(=O)Nc2ccc(NC(C)c3ccccc3)cc2)C1(C)C. The van der Waals surface area contributed by atoms with E-state index in [0.717, 1.165) is 11.4 Å². The molecule has 1 aliphatic rings. The van der Waals surface area contributed by atoms with Gasteiger partial charge in [-0.2, -0.15) is 0 Å². The summed E-state index contributed by atoms with van der Waals surface area (Å²) in [5, 5.41) is 6.44. The maximum absolute atomic E-state index is 12.8. The number of hydrogen-bond acceptors (Lipinski definition) is 4. The quantitative estimate of drug-likeness (QED) is 0.667. The first kappa shape index (κ1) is 20.4. The highest BCUT2D eigenvalue weighted by molar-refractivity contribution is 5.99. The number of amides is 1. The van der Waals surface area contributed by atoms with Crippen LogP contribution in [0.25, 0.3) is 0 Å². The van der Waals surface area contributed by atoms with Crippen LogP contribution < -0.4 is 16.4 Å². The minimum Gasteiger partial charge on any atom is -0.379 e. The van der Waals surface area contributed by atoms with E-state index >= 15 is 0 Å². The Morgan fingerprint density at radius 3 is 2.32 bits per heavy atom.